The number of amides is 6. The van der Waals surface area contributed by atoms with Crippen molar-refractivity contribution in [2.75, 3.05) is 13.1 Å². The number of aliphatic imine (C=N–C) groups is 1. The fourth-order valence-corrected chi connectivity index (χ4v) is 4.62. The van der Waals surface area contributed by atoms with Gasteiger partial charge in [0.1, 0.15) is 30.2 Å². The summed E-state index contributed by atoms with van der Waals surface area (Å²) in [7, 11) is 0. The minimum Gasteiger partial charge on any atom is -0.370 e. The maximum atomic E-state index is 13.7. The van der Waals surface area contributed by atoms with Crippen LogP contribution in [0.3, 0.4) is 0 Å². The number of nitrogens with zero attached hydrogens (tertiary/aromatic N) is 2. The summed E-state index contributed by atoms with van der Waals surface area (Å²) >= 11 is 0. The zero-order chi connectivity index (χ0) is 36.2. The van der Waals surface area contributed by atoms with E-state index in [1.54, 1.807) is 0 Å². The molecule has 1 aromatic rings. The Balaban J connectivity index is 3.23. The number of nitrogens with one attached hydrogen (secondary N) is 7. The molecule has 0 aliphatic carbocycles. The van der Waals surface area contributed by atoms with Crippen LogP contribution < -0.4 is 49.3 Å². The van der Waals surface area contributed by atoms with Gasteiger partial charge in [0, 0.05) is 31.8 Å². The molecular formula is C29H52N12O7. The van der Waals surface area contributed by atoms with Crippen LogP contribution in [0.25, 0.3) is 0 Å². The number of hydrogen-bond donors (Lipinski definition) is 11. The van der Waals surface area contributed by atoms with Gasteiger partial charge >= 0.3 is 0 Å². The molecule has 0 saturated heterocycles. The summed E-state index contributed by atoms with van der Waals surface area (Å²) < 4.78 is 0. The monoisotopic (exact) mass is 680 g/mol. The first kappa shape index (κ1) is 41.2. The summed E-state index contributed by atoms with van der Waals surface area (Å²) in [5.41, 5.74) is 18.3. The number of nitrogens with two attached hydrogens (primary N) is 3. The normalized spacial score (nSPS) is 14.0. The molecule has 270 valence electrons. The van der Waals surface area contributed by atoms with Crippen molar-refractivity contribution in [3.8, 4) is 0 Å². The van der Waals surface area contributed by atoms with Crippen molar-refractivity contribution in [3.05, 3.63) is 18.2 Å². The van der Waals surface area contributed by atoms with Gasteiger partial charge in [-0.25, -0.2) is 10.5 Å². The second-order valence-corrected chi connectivity index (χ2v) is 11.8. The van der Waals surface area contributed by atoms with Crippen LogP contribution in [-0.4, -0.2) is 99.9 Å². The van der Waals surface area contributed by atoms with Crippen LogP contribution in [0.1, 0.15) is 71.9 Å². The third kappa shape index (κ3) is 16.2. The standard InChI is InChI=1S/C29H52N12O7/c1-16(2)12-22(39-24(43)17(3)36-18(4)42)26(45)37-20(8-5-6-10-30)25(44)40-23(13-19-14-33-15-35-19)27(46)38-21(28(47)41-48)9-7-11-34-29(31)32/h14-17,20-23,48H,5-13,30H2,1-4H3,(H,33,35)(H,36,42)(H,37,45)(H,38,46)(H,39,43)(H,40,44)(H,41,47)(H4,31,32,34)/t17-,20-,21-,22-,23-/m0/s1. The molecule has 0 fully saturated rings. The number of hydroxylamine groups is 1. The third-order valence-corrected chi connectivity index (χ3v) is 7.03. The fourth-order valence-electron chi connectivity index (χ4n) is 4.62. The van der Waals surface area contributed by atoms with Crippen molar-refractivity contribution in [2.45, 2.75) is 103 Å². The van der Waals surface area contributed by atoms with Gasteiger partial charge in [0.25, 0.3) is 5.91 Å². The lowest BCUT2D eigenvalue weighted by Gasteiger charge is -2.27. The summed E-state index contributed by atoms with van der Waals surface area (Å²) in [6, 6.07) is -5.50. The molecule has 0 aliphatic rings. The van der Waals surface area contributed by atoms with E-state index in [1.807, 2.05) is 13.8 Å². The summed E-state index contributed by atoms with van der Waals surface area (Å²) in [6.07, 6.45) is 4.54. The first-order valence-corrected chi connectivity index (χ1v) is 15.8. The Morgan fingerprint density at radius 2 is 1.38 bits per heavy atom. The number of aromatic amines is 1. The molecule has 6 amide bonds. The van der Waals surface area contributed by atoms with Gasteiger partial charge in [-0.1, -0.05) is 13.8 Å². The third-order valence-electron chi connectivity index (χ3n) is 7.03. The quantitative estimate of drug-likeness (QED) is 0.0195. The van der Waals surface area contributed by atoms with E-state index in [-0.39, 0.29) is 50.5 Å². The van der Waals surface area contributed by atoms with Crippen molar-refractivity contribution >= 4 is 41.4 Å². The molecule has 0 aliphatic heterocycles. The number of unbranched alkanes of at least 4 members (excludes halogenated alkanes) is 1. The molecule has 0 aromatic carbocycles. The maximum absolute atomic E-state index is 13.7. The van der Waals surface area contributed by atoms with E-state index in [1.165, 1.54) is 31.9 Å². The lowest BCUT2D eigenvalue weighted by molar-refractivity contribution is -0.137. The highest BCUT2D eigenvalue weighted by molar-refractivity contribution is 5.96. The minimum absolute atomic E-state index is 0.0207. The average molecular weight is 681 g/mol. The largest absolute Gasteiger partial charge is 0.370 e. The van der Waals surface area contributed by atoms with Crippen LogP contribution in [0.4, 0.5) is 0 Å². The van der Waals surface area contributed by atoms with Crippen molar-refractivity contribution in [1.29, 1.82) is 0 Å². The lowest BCUT2D eigenvalue weighted by atomic mass is 10.0. The van der Waals surface area contributed by atoms with Crippen LogP contribution in [-0.2, 0) is 35.2 Å². The van der Waals surface area contributed by atoms with E-state index in [0.29, 0.717) is 25.1 Å². The van der Waals surface area contributed by atoms with Crippen LogP contribution in [0, 0.1) is 5.92 Å². The number of aromatic nitrogens is 2. The summed E-state index contributed by atoms with van der Waals surface area (Å²) in [6.45, 7) is 6.98. The van der Waals surface area contributed by atoms with Gasteiger partial charge in [-0.3, -0.25) is 39.0 Å². The molecule has 0 spiro atoms. The predicted molar refractivity (Wildman–Crippen MR) is 175 cm³/mol. The Morgan fingerprint density at radius 3 is 1.92 bits per heavy atom. The first-order valence-electron chi connectivity index (χ1n) is 15.8. The zero-order valence-electron chi connectivity index (χ0n) is 28.0. The summed E-state index contributed by atoms with van der Waals surface area (Å²) in [4.78, 5) is 87.9. The Bertz CT molecular complexity index is 1220. The number of carbonyl (C=O) groups excluding carboxylic acids is 6. The average Bonchev–Trinajstić information content (AvgIpc) is 3.53. The van der Waals surface area contributed by atoms with E-state index in [9.17, 15) is 34.0 Å². The molecule has 19 nitrogen and oxygen atoms in total. The van der Waals surface area contributed by atoms with E-state index in [0.717, 1.165) is 0 Å². The van der Waals surface area contributed by atoms with Gasteiger partial charge in [0.2, 0.25) is 29.5 Å². The number of hydrogen-bond acceptors (Lipinski definition) is 10. The molecule has 48 heavy (non-hydrogen) atoms. The Hall–Kier alpha value is -4.78. The first-order chi connectivity index (χ1) is 22.7. The molecule has 19 heteroatoms. The predicted octanol–water partition coefficient (Wildman–Crippen LogP) is -2.85. The molecule has 1 aromatic heterocycles. The van der Waals surface area contributed by atoms with Gasteiger partial charge in [0.15, 0.2) is 5.96 Å². The van der Waals surface area contributed by atoms with Crippen molar-refractivity contribution in [1.82, 2.24) is 42.0 Å². The van der Waals surface area contributed by atoms with Crippen molar-refractivity contribution in [2.24, 2.45) is 28.1 Å². The Morgan fingerprint density at radius 1 is 0.812 bits per heavy atom. The summed E-state index contributed by atoms with van der Waals surface area (Å²) in [5, 5.41) is 22.3. The molecule has 0 saturated carbocycles. The molecule has 14 N–H and O–H groups in total. The molecule has 1 rings (SSSR count). The smallest absolute Gasteiger partial charge is 0.265 e. The van der Waals surface area contributed by atoms with Crippen LogP contribution >= 0.6 is 0 Å². The molecule has 1 heterocycles. The summed E-state index contributed by atoms with van der Waals surface area (Å²) in [5.74, 6) is -4.13. The van der Waals surface area contributed by atoms with Crippen LogP contribution in [0.15, 0.2) is 17.5 Å². The second-order valence-electron chi connectivity index (χ2n) is 11.8. The molecule has 0 radical (unpaired) electrons. The topological polar surface area (TPSA) is 314 Å². The Kier molecular flexibility index (Phi) is 18.8. The number of guanidine groups is 1. The van der Waals surface area contributed by atoms with E-state index in [2.05, 4.69) is 41.5 Å². The van der Waals surface area contributed by atoms with Crippen molar-refractivity contribution in [3.63, 3.8) is 0 Å². The van der Waals surface area contributed by atoms with Crippen LogP contribution in [0.2, 0.25) is 0 Å². The lowest BCUT2D eigenvalue weighted by Crippen LogP contribution is -2.59. The zero-order valence-corrected chi connectivity index (χ0v) is 28.0. The number of rotatable bonds is 22. The van der Waals surface area contributed by atoms with E-state index >= 15 is 0 Å². The van der Waals surface area contributed by atoms with Gasteiger partial charge < -0.3 is 48.8 Å². The van der Waals surface area contributed by atoms with Gasteiger partial charge in [-0.2, -0.15) is 0 Å². The molecule has 5 atom stereocenters. The molecule has 0 bridgehead atoms. The van der Waals surface area contributed by atoms with E-state index in [4.69, 9.17) is 17.2 Å². The maximum Gasteiger partial charge on any atom is 0.265 e. The number of imidazole rings is 1. The highest BCUT2D eigenvalue weighted by Crippen LogP contribution is 2.10. The highest BCUT2D eigenvalue weighted by atomic mass is 16.5. The van der Waals surface area contributed by atoms with Gasteiger partial charge in [0.05, 0.1) is 6.33 Å². The van der Waals surface area contributed by atoms with E-state index < -0.39 is 65.7 Å². The molecular weight excluding hydrogens is 628 g/mol. The van der Waals surface area contributed by atoms with Gasteiger partial charge in [-0.05, 0) is 57.9 Å². The highest BCUT2D eigenvalue weighted by Gasteiger charge is 2.32. The van der Waals surface area contributed by atoms with Crippen LogP contribution in [0.5, 0.6) is 0 Å². The second kappa shape index (κ2) is 21.9. The van der Waals surface area contributed by atoms with Gasteiger partial charge in [-0.15, -0.1) is 0 Å². The number of H-pyrrole nitrogens is 1. The van der Waals surface area contributed by atoms with Crippen molar-refractivity contribution < 1.29 is 34.0 Å². The SMILES string of the molecule is CC(=O)N[C@@H](C)C(=O)N[C@@H](CC(C)C)C(=O)N[C@@H](CCCCN)C(=O)N[C@@H](Cc1cnc[nH]1)C(=O)N[C@@H](CCCN=C(N)N)C(=O)NO. The minimum atomic E-state index is -1.25. The Labute approximate surface area is 279 Å². The fraction of sp³-hybridized carbons (Fsp3) is 0.655. The molecule has 0 unspecified atom stereocenters. The number of carbonyl (C=O) groups is 6.